The largest absolute Gasteiger partial charge is 0.343 e. The SMILES string of the molecule is C=C/C(NC(=O)c1nc(C2CC2)cnc1N/C(C)=C/N=CCCC(=C)C)=C(/C(=O)N(C)C)N(N)CC. The Kier molecular flexibility index (Phi) is 10.5. The zero-order chi connectivity index (χ0) is 26.8. The minimum atomic E-state index is -0.534. The molecule has 194 valence electrons. The van der Waals surface area contributed by atoms with Crippen LogP contribution in [0.3, 0.4) is 0 Å². The van der Waals surface area contributed by atoms with E-state index >= 15 is 0 Å². The monoisotopic (exact) mass is 494 g/mol. The Morgan fingerprint density at radius 1 is 1.31 bits per heavy atom. The van der Waals surface area contributed by atoms with Crippen molar-refractivity contribution >= 4 is 23.8 Å². The molecule has 1 aliphatic rings. The number of nitrogens with two attached hydrogens (primary N) is 1. The number of rotatable bonds is 13. The molecule has 2 rings (SSSR count). The predicted molar refractivity (Wildman–Crippen MR) is 144 cm³/mol. The second kappa shape index (κ2) is 13.3. The van der Waals surface area contributed by atoms with Crippen molar-refractivity contribution in [2.24, 2.45) is 10.8 Å². The molecular weight excluding hydrogens is 456 g/mol. The zero-order valence-electron chi connectivity index (χ0n) is 22.0. The van der Waals surface area contributed by atoms with Crippen LogP contribution in [0.15, 0.2) is 59.3 Å². The van der Waals surface area contributed by atoms with E-state index in [1.165, 1.54) is 16.0 Å². The smallest absolute Gasteiger partial charge is 0.278 e. The van der Waals surface area contributed by atoms with Crippen LogP contribution < -0.4 is 16.5 Å². The number of nitrogens with zero attached hydrogens (tertiary/aromatic N) is 5. The van der Waals surface area contributed by atoms with Gasteiger partial charge in [0.05, 0.1) is 17.6 Å². The third kappa shape index (κ3) is 8.16. The molecule has 1 heterocycles. The van der Waals surface area contributed by atoms with E-state index in [1.54, 1.807) is 33.4 Å². The lowest BCUT2D eigenvalue weighted by atomic mass is 10.2. The maximum atomic E-state index is 13.4. The minimum Gasteiger partial charge on any atom is -0.343 e. The van der Waals surface area contributed by atoms with E-state index in [2.05, 4.69) is 38.8 Å². The Morgan fingerprint density at radius 2 is 2.00 bits per heavy atom. The van der Waals surface area contributed by atoms with Crippen LogP contribution in [-0.4, -0.2) is 58.5 Å². The van der Waals surface area contributed by atoms with E-state index in [0.29, 0.717) is 18.2 Å². The first-order chi connectivity index (χ1) is 17.1. The first-order valence-electron chi connectivity index (χ1n) is 12.0. The second-order valence-electron chi connectivity index (χ2n) is 8.94. The van der Waals surface area contributed by atoms with Gasteiger partial charge in [-0.2, -0.15) is 0 Å². The summed E-state index contributed by atoms with van der Waals surface area (Å²) in [6.45, 7) is 13.6. The van der Waals surface area contributed by atoms with E-state index in [9.17, 15) is 9.59 Å². The molecule has 0 radical (unpaired) electrons. The van der Waals surface area contributed by atoms with Crippen molar-refractivity contribution in [2.45, 2.75) is 52.4 Å². The van der Waals surface area contributed by atoms with Gasteiger partial charge in [0.2, 0.25) is 0 Å². The molecule has 10 heteroatoms. The number of carbonyl (C=O) groups is 2. The molecule has 0 bridgehead atoms. The molecule has 1 aromatic heterocycles. The quantitative estimate of drug-likeness (QED) is 0.0956. The summed E-state index contributed by atoms with van der Waals surface area (Å²) < 4.78 is 0. The molecule has 0 aromatic carbocycles. The number of allylic oxidation sites excluding steroid dienone is 3. The van der Waals surface area contributed by atoms with Crippen LogP contribution in [0.1, 0.15) is 68.6 Å². The first kappa shape index (κ1) is 28.4. The van der Waals surface area contributed by atoms with Crippen molar-refractivity contribution in [3.8, 4) is 0 Å². The van der Waals surface area contributed by atoms with Gasteiger partial charge in [0, 0.05) is 44.7 Å². The van der Waals surface area contributed by atoms with Gasteiger partial charge in [-0.25, -0.2) is 15.8 Å². The normalized spacial score (nSPS) is 14.2. The van der Waals surface area contributed by atoms with Crippen molar-refractivity contribution in [3.63, 3.8) is 0 Å². The molecule has 1 aliphatic carbocycles. The molecule has 0 saturated heterocycles. The number of nitrogens with one attached hydrogen (secondary N) is 2. The number of anilines is 1. The number of hydrogen-bond acceptors (Lipinski definition) is 8. The average Bonchev–Trinajstić information content (AvgIpc) is 3.68. The number of carbonyl (C=O) groups excluding carboxylic acids is 2. The lowest BCUT2D eigenvalue weighted by molar-refractivity contribution is -0.126. The fraction of sp³-hybridized carbons (Fsp3) is 0.423. The summed E-state index contributed by atoms with van der Waals surface area (Å²) in [5, 5.41) is 7.14. The Morgan fingerprint density at radius 3 is 2.56 bits per heavy atom. The molecule has 1 saturated carbocycles. The number of likely N-dealkylation sites (N-methyl/N-ethyl adjacent to an activating group) is 2. The van der Waals surface area contributed by atoms with Gasteiger partial charge in [0.25, 0.3) is 11.8 Å². The Balaban J connectivity index is 2.37. The zero-order valence-corrected chi connectivity index (χ0v) is 22.0. The molecule has 0 atom stereocenters. The van der Waals surface area contributed by atoms with Gasteiger partial charge < -0.3 is 20.5 Å². The summed E-state index contributed by atoms with van der Waals surface area (Å²) in [6, 6.07) is 0. The van der Waals surface area contributed by atoms with E-state index in [-0.39, 0.29) is 28.8 Å². The van der Waals surface area contributed by atoms with Crippen LogP contribution in [0.5, 0.6) is 0 Å². The molecule has 1 fully saturated rings. The Bertz CT molecular complexity index is 1080. The van der Waals surface area contributed by atoms with Crippen molar-refractivity contribution in [1.29, 1.82) is 0 Å². The standard InChI is InChI=1S/C26H38N8O2/c1-8-20(23(34(27)9-2)26(36)33(6)7)32-25(35)22-24(29-16-21(31-22)19-12-13-19)30-18(5)15-28-14-10-11-17(3)4/h8,14-16,19H,1,3,9-13,27H2,2,4-7H3,(H,29,30)(H,32,35)/b18-15+,23-20+,28-14?. The van der Waals surface area contributed by atoms with Gasteiger partial charge in [0.15, 0.2) is 11.5 Å². The molecule has 0 unspecified atom stereocenters. The van der Waals surface area contributed by atoms with Crippen LogP contribution in [0, 0.1) is 0 Å². The van der Waals surface area contributed by atoms with Gasteiger partial charge in [-0.15, -0.1) is 6.58 Å². The second-order valence-corrected chi connectivity index (χ2v) is 8.94. The maximum Gasteiger partial charge on any atom is 0.278 e. The van der Waals surface area contributed by atoms with Gasteiger partial charge in [-0.05, 0) is 52.5 Å². The third-order valence-corrected chi connectivity index (χ3v) is 5.34. The van der Waals surface area contributed by atoms with Crippen LogP contribution in [-0.2, 0) is 4.79 Å². The molecule has 0 aliphatic heterocycles. The van der Waals surface area contributed by atoms with Crippen LogP contribution in [0.4, 0.5) is 5.82 Å². The molecule has 36 heavy (non-hydrogen) atoms. The van der Waals surface area contributed by atoms with E-state index in [1.807, 2.05) is 20.1 Å². The molecular formula is C26H38N8O2. The highest BCUT2D eigenvalue weighted by Crippen LogP contribution is 2.39. The number of aromatic nitrogens is 2. The van der Waals surface area contributed by atoms with Crippen molar-refractivity contribution in [2.75, 3.05) is 26.0 Å². The topological polar surface area (TPSA) is 129 Å². The molecule has 0 spiro atoms. The summed E-state index contributed by atoms with van der Waals surface area (Å²) >= 11 is 0. The van der Waals surface area contributed by atoms with Crippen molar-refractivity contribution < 1.29 is 9.59 Å². The van der Waals surface area contributed by atoms with Gasteiger partial charge in [0.1, 0.15) is 5.70 Å². The first-order valence-corrected chi connectivity index (χ1v) is 12.0. The number of aliphatic imine (C=N–C) groups is 1. The van der Waals surface area contributed by atoms with E-state index in [0.717, 1.165) is 37.0 Å². The summed E-state index contributed by atoms with van der Waals surface area (Å²) in [4.78, 5) is 40.9. The van der Waals surface area contributed by atoms with Crippen molar-refractivity contribution in [1.82, 2.24) is 25.2 Å². The lowest BCUT2D eigenvalue weighted by Gasteiger charge is -2.24. The number of hydrazine groups is 1. The van der Waals surface area contributed by atoms with Gasteiger partial charge in [-0.1, -0.05) is 12.2 Å². The number of hydrogen-bond donors (Lipinski definition) is 3. The highest BCUT2D eigenvalue weighted by atomic mass is 16.2. The fourth-order valence-electron chi connectivity index (χ4n) is 3.15. The predicted octanol–water partition coefficient (Wildman–Crippen LogP) is 3.47. The van der Waals surface area contributed by atoms with Crippen LogP contribution >= 0.6 is 0 Å². The molecule has 1 aromatic rings. The third-order valence-electron chi connectivity index (χ3n) is 5.34. The van der Waals surface area contributed by atoms with E-state index in [4.69, 9.17) is 5.84 Å². The minimum absolute atomic E-state index is 0.106. The van der Waals surface area contributed by atoms with Crippen LogP contribution in [0.2, 0.25) is 0 Å². The van der Waals surface area contributed by atoms with Crippen LogP contribution in [0.25, 0.3) is 0 Å². The highest BCUT2D eigenvalue weighted by molar-refractivity contribution is 6.00. The Labute approximate surface area is 213 Å². The highest BCUT2D eigenvalue weighted by Gasteiger charge is 2.28. The molecule has 10 nitrogen and oxygen atoms in total. The van der Waals surface area contributed by atoms with Gasteiger partial charge in [-0.3, -0.25) is 14.6 Å². The van der Waals surface area contributed by atoms with Gasteiger partial charge >= 0.3 is 0 Å². The fourth-order valence-corrected chi connectivity index (χ4v) is 3.15. The Hall–Kier alpha value is -3.79. The number of amides is 2. The summed E-state index contributed by atoms with van der Waals surface area (Å²) in [6.07, 6.45) is 10.2. The maximum absolute atomic E-state index is 13.4. The van der Waals surface area contributed by atoms with Crippen molar-refractivity contribution in [3.05, 3.63) is 65.7 Å². The molecule has 2 amide bonds. The van der Waals surface area contributed by atoms with E-state index < -0.39 is 5.91 Å². The average molecular weight is 495 g/mol. The summed E-state index contributed by atoms with van der Waals surface area (Å²) in [5.74, 6) is 5.74. The summed E-state index contributed by atoms with van der Waals surface area (Å²) in [7, 11) is 3.22. The molecule has 4 N–H and O–H groups in total. The lowest BCUT2D eigenvalue weighted by Crippen LogP contribution is -2.41. The summed E-state index contributed by atoms with van der Waals surface area (Å²) in [5.41, 5.74) is 2.95.